The highest BCUT2D eigenvalue weighted by atomic mass is 32.2. The molecule has 1 aromatic heterocycles. The van der Waals surface area contributed by atoms with Crippen LogP contribution in [0.25, 0.3) is 0 Å². The predicted octanol–water partition coefficient (Wildman–Crippen LogP) is 3.39. The molecule has 7 heteroatoms. The SMILES string of the molecule is CN=C(NCCCc1ccccc1)NCCCc1nnc(SC)n1CC(C)C. The Bertz CT molecular complexity index is 711. The molecule has 1 aromatic carbocycles. The first-order valence-corrected chi connectivity index (χ1v) is 11.3. The monoisotopic (exact) mass is 402 g/mol. The van der Waals surface area contributed by atoms with Gasteiger partial charge in [-0.3, -0.25) is 4.99 Å². The first-order valence-electron chi connectivity index (χ1n) is 10.1. The molecule has 2 rings (SSSR count). The van der Waals surface area contributed by atoms with Crippen molar-refractivity contribution in [3.05, 3.63) is 41.7 Å². The average molecular weight is 403 g/mol. The molecule has 0 radical (unpaired) electrons. The van der Waals surface area contributed by atoms with Crippen LogP contribution in [0.1, 0.15) is 38.1 Å². The van der Waals surface area contributed by atoms with E-state index >= 15 is 0 Å². The Kier molecular flexibility index (Phi) is 9.90. The van der Waals surface area contributed by atoms with Crippen LogP contribution < -0.4 is 10.6 Å². The maximum atomic E-state index is 4.38. The molecule has 0 amide bonds. The number of aromatic nitrogens is 3. The summed E-state index contributed by atoms with van der Waals surface area (Å²) in [6.45, 7) is 7.19. The highest BCUT2D eigenvalue weighted by Gasteiger charge is 2.12. The van der Waals surface area contributed by atoms with Gasteiger partial charge in [0.25, 0.3) is 0 Å². The summed E-state index contributed by atoms with van der Waals surface area (Å²) in [5.41, 5.74) is 1.38. The van der Waals surface area contributed by atoms with Crippen molar-refractivity contribution < 1.29 is 0 Å². The quantitative estimate of drug-likeness (QED) is 0.261. The standard InChI is InChI=1S/C21H34N6S/c1-17(2)16-27-19(25-26-21(27)28-4)13-9-15-24-20(22-3)23-14-8-12-18-10-6-5-7-11-18/h5-7,10-11,17H,8-9,12-16H2,1-4H3,(H2,22,23,24). The van der Waals surface area contributed by atoms with Gasteiger partial charge >= 0.3 is 0 Å². The zero-order chi connectivity index (χ0) is 20.2. The molecular weight excluding hydrogens is 368 g/mol. The number of nitrogens with one attached hydrogen (secondary N) is 2. The molecule has 2 aromatic rings. The molecule has 1 heterocycles. The maximum Gasteiger partial charge on any atom is 0.190 e. The molecule has 2 N–H and O–H groups in total. The fourth-order valence-electron chi connectivity index (χ4n) is 3.02. The van der Waals surface area contributed by atoms with E-state index in [-0.39, 0.29) is 0 Å². The Balaban J connectivity index is 1.68. The van der Waals surface area contributed by atoms with Crippen LogP contribution in [-0.2, 0) is 19.4 Å². The van der Waals surface area contributed by atoms with Crippen LogP contribution in [0.5, 0.6) is 0 Å². The van der Waals surface area contributed by atoms with E-state index in [0.29, 0.717) is 5.92 Å². The summed E-state index contributed by atoms with van der Waals surface area (Å²) in [6, 6.07) is 10.6. The number of benzene rings is 1. The number of aliphatic imine (C=N–C) groups is 1. The average Bonchev–Trinajstić information content (AvgIpc) is 3.08. The second-order valence-electron chi connectivity index (χ2n) is 7.23. The fourth-order valence-corrected chi connectivity index (χ4v) is 3.54. The van der Waals surface area contributed by atoms with Crippen molar-refractivity contribution >= 4 is 17.7 Å². The minimum Gasteiger partial charge on any atom is -0.356 e. The lowest BCUT2D eigenvalue weighted by Crippen LogP contribution is -2.38. The van der Waals surface area contributed by atoms with Gasteiger partial charge in [0, 0.05) is 33.1 Å². The number of rotatable bonds is 11. The fraction of sp³-hybridized carbons (Fsp3) is 0.571. The van der Waals surface area contributed by atoms with Crippen molar-refractivity contribution in [1.82, 2.24) is 25.4 Å². The molecule has 154 valence electrons. The number of hydrogen-bond donors (Lipinski definition) is 2. The van der Waals surface area contributed by atoms with Crippen LogP contribution in [0.2, 0.25) is 0 Å². The van der Waals surface area contributed by atoms with Gasteiger partial charge < -0.3 is 15.2 Å². The van der Waals surface area contributed by atoms with Gasteiger partial charge in [-0.05, 0) is 37.0 Å². The highest BCUT2D eigenvalue weighted by Crippen LogP contribution is 2.16. The van der Waals surface area contributed by atoms with Gasteiger partial charge in [-0.2, -0.15) is 0 Å². The summed E-state index contributed by atoms with van der Waals surface area (Å²) in [6.07, 6.45) is 6.13. The topological polar surface area (TPSA) is 67.1 Å². The molecule has 0 fully saturated rings. The van der Waals surface area contributed by atoms with E-state index in [1.807, 2.05) is 7.05 Å². The Morgan fingerprint density at radius 1 is 1.07 bits per heavy atom. The van der Waals surface area contributed by atoms with Crippen molar-refractivity contribution in [1.29, 1.82) is 0 Å². The van der Waals surface area contributed by atoms with Crippen LogP contribution in [0.3, 0.4) is 0 Å². The van der Waals surface area contributed by atoms with Crippen LogP contribution in [-0.4, -0.2) is 47.1 Å². The van der Waals surface area contributed by atoms with Crippen molar-refractivity contribution in [3.63, 3.8) is 0 Å². The molecule has 0 bridgehead atoms. The van der Waals surface area contributed by atoms with Gasteiger partial charge in [0.1, 0.15) is 5.82 Å². The van der Waals surface area contributed by atoms with Crippen LogP contribution in [0, 0.1) is 5.92 Å². The molecule has 0 saturated heterocycles. The summed E-state index contributed by atoms with van der Waals surface area (Å²) in [7, 11) is 1.82. The predicted molar refractivity (Wildman–Crippen MR) is 119 cm³/mol. The normalized spacial score (nSPS) is 11.8. The van der Waals surface area contributed by atoms with Gasteiger partial charge in [0.15, 0.2) is 11.1 Å². The number of aryl methyl sites for hydroxylation is 2. The van der Waals surface area contributed by atoms with Crippen molar-refractivity contribution in [3.8, 4) is 0 Å². The van der Waals surface area contributed by atoms with E-state index in [4.69, 9.17) is 0 Å². The first-order chi connectivity index (χ1) is 13.6. The summed E-state index contributed by atoms with van der Waals surface area (Å²) in [5.74, 6) is 2.52. The molecule has 0 unspecified atom stereocenters. The number of hydrogen-bond acceptors (Lipinski definition) is 4. The first kappa shape index (κ1) is 22.3. The van der Waals surface area contributed by atoms with E-state index in [0.717, 1.165) is 62.3 Å². The van der Waals surface area contributed by atoms with E-state index < -0.39 is 0 Å². The molecule has 0 spiro atoms. The third-order valence-corrected chi connectivity index (χ3v) is 5.06. The smallest absolute Gasteiger partial charge is 0.190 e. The maximum absolute atomic E-state index is 4.38. The van der Waals surface area contributed by atoms with E-state index in [9.17, 15) is 0 Å². The van der Waals surface area contributed by atoms with E-state index in [2.05, 4.69) is 80.8 Å². The lowest BCUT2D eigenvalue weighted by atomic mass is 10.1. The lowest BCUT2D eigenvalue weighted by molar-refractivity contribution is 0.477. The van der Waals surface area contributed by atoms with Gasteiger partial charge in [-0.15, -0.1) is 10.2 Å². The van der Waals surface area contributed by atoms with Crippen LogP contribution >= 0.6 is 11.8 Å². The Morgan fingerprint density at radius 2 is 1.75 bits per heavy atom. The molecule has 28 heavy (non-hydrogen) atoms. The summed E-state index contributed by atoms with van der Waals surface area (Å²) in [4.78, 5) is 4.31. The van der Waals surface area contributed by atoms with Gasteiger partial charge in [-0.25, -0.2) is 0 Å². The molecule has 0 atom stereocenters. The van der Waals surface area contributed by atoms with E-state index in [1.54, 1.807) is 11.8 Å². The zero-order valence-corrected chi connectivity index (χ0v) is 18.4. The van der Waals surface area contributed by atoms with Crippen molar-refractivity contribution in [2.45, 2.75) is 51.2 Å². The molecular formula is C21H34N6S. The summed E-state index contributed by atoms with van der Waals surface area (Å²) < 4.78 is 2.26. The molecule has 0 aliphatic rings. The minimum atomic E-state index is 0.581. The Labute approximate surface area is 173 Å². The largest absolute Gasteiger partial charge is 0.356 e. The Morgan fingerprint density at radius 3 is 2.36 bits per heavy atom. The molecule has 0 saturated carbocycles. The van der Waals surface area contributed by atoms with E-state index in [1.165, 1.54) is 5.56 Å². The summed E-state index contributed by atoms with van der Waals surface area (Å²) >= 11 is 1.66. The minimum absolute atomic E-state index is 0.581. The second-order valence-corrected chi connectivity index (χ2v) is 8.00. The van der Waals surface area contributed by atoms with Crippen LogP contribution in [0.4, 0.5) is 0 Å². The number of thioether (sulfide) groups is 1. The van der Waals surface area contributed by atoms with Crippen molar-refractivity contribution in [2.24, 2.45) is 10.9 Å². The Hall–Kier alpha value is -2.02. The second kappa shape index (κ2) is 12.4. The van der Waals surface area contributed by atoms with Crippen LogP contribution in [0.15, 0.2) is 40.5 Å². The zero-order valence-electron chi connectivity index (χ0n) is 17.6. The number of guanidine groups is 1. The third kappa shape index (κ3) is 7.54. The lowest BCUT2D eigenvalue weighted by Gasteiger charge is -2.13. The highest BCUT2D eigenvalue weighted by molar-refractivity contribution is 7.98. The van der Waals surface area contributed by atoms with Gasteiger partial charge in [0.2, 0.25) is 0 Å². The third-order valence-electron chi connectivity index (χ3n) is 4.39. The molecule has 0 aliphatic carbocycles. The van der Waals surface area contributed by atoms with Gasteiger partial charge in [-0.1, -0.05) is 55.9 Å². The number of nitrogens with zero attached hydrogens (tertiary/aromatic N) is 4. The summed E-state index contributed by atoms with van der Waals surface area (Å²) in [5, 5.41) is 16.5. The molecule has 0 aliphatic heterocycles. The molecule has 6 nitrogen and oxygen atoms in total. The van der Waals surface area contributed by atoms with Crippen molar-refractivity contribution in [2.75, 3.05) is 26.4 Å². The van der Waals surface area contributed by atoms with Gasteiger partial charge in [0.05, 0.1) is 0 Å².